The van der Waals surface area contributed by atoms with Crippen LogP contribution in [0.5, 0.6) is 0 Å². The minimum absolute atomic E-state index is 0.133. The zero-order valence-electron chi connectivity index (χ0n) is 9.17. The molecule has 2 aliphatic heterocycles. The van der Waals surface area contributed by atoms with Gasteiger partial charge in [-0.3, -0.25) is 0 Å². The minimum atomic E-state index is -0.218. The van der Waals surface area contributed by atoms with Crippen molar-refractivity contribution in [3.8, 4) is 0 Å². The van der Waals surface area contributed by atoms with E-state index in [1.165, 1.54) is 0 Å². The van der Waals surface area contributed by atoms with Crippen LogP contribution in [-0.4, -0.2) is 25.4 Å². The van der Waals surface area contributed by atoms with Crippen molar-refractivity contribution in [3.05, 3.63) is 35.9 Å². The standard InChI is InChI=1S/C13H16O3/c1-2-5-10(6-3-1)13-15-9-12-11(16-13)7-4-8-14-12/h1-3,5-6,11-13H,4,7-9H2/t11-,12+,13+/m0/s1. The summed E-state index contributed by atoms with van der Waals surface area (Å²) in [6.07, 6.45) is 2.28. The Morgan fingerprint density at radius 2 is 1.88 bits per heavy atom. The maximum atomic E-state index is 5.93. The number of benzene rings is 1. The molecule has 0 bridgehead atoms. The summed E-state index contributed by atoms with van der Waals surface area (Å²) in [7, 11) is 0. The van der Waals surface area contributed by atoms with Gasteiger partial charge in [0, 0.05) is 12.2 Å². The second-order valence-corrected chi connectivity index (χ2v) is 4.30. The molecule has 2 fully saturated rings. The maximum absolute atomic E-state index is 5.93. The van der Waals surface area contributed by atoms with Gasteiger partial charge in [-0.05, 0) is 12.8 Å². The molecule has 0 N–H and O–H groups in total. The van der Waals surface area contributed by atoms with Crippen molar-refractivity contribution < 1.29 is 14.2 Å². The SMILES string of the molecule is c1ccc([C@@H]2OC[C@H]3OCCC[C@@H]3O2)cc1. The molecule has 0 saturated carbocycles. The number of hydrogen-bond donors (Lipinski definition) is 0. The van der Waals surface area contributed by atoms with Crippen LogP contribution in [0.15, 0.2) is 30.3 Å². The van der Waals surface area contributed by atoms with E-state index in [4.69, 9.17) is 14.2 Å². The van der Waals surface area contributed by atoms with Gasteiger partial charge in [0.25, 0.3) is 0 Å². The van der Waals surface area contributed by atoms with E-state index in [-0.39, 0.29) is 18.5 Å². The van der Waals surface area contributed by atoms with Crippen LogP contribution in [0.3, 0.4) is 0 Å². The van der Waals surface area contributed by atoms with Crippen molar-refractivity contribution >= 4 is 0 Å². The van der Waals surface area contributed by atoms with E-state index in [0.29, 0.717) is 6.61 Å². The Kier molecular flexibility index (Phi) is 2.91. The Morgan fingerprint density at radius 3 is 2.75 bits per heavy atom. The summed E-state index contributed by atoms with van der Waals surface area (Å²) in [5.74, 6) is 0. The van der Waals surface area contributed by atoms with Gasteiger partial charge in [0.1, 0.15) is 6.10 Å². The zero-order chi connectivity index (χ0) is 10.8. The molecule has 0 radical (unpaired) electrons. The molecule has 0 spiro atoms. The Labute approximate surface area is 95.3 Å². The van der Waals surface area contributed by atoms with Crippen LogP contribution < -0.4 is 0 Å². The van der Waals surface area contributed by atoms with Crippen LogP contribution in [-0.2, 0) is 14.2 Å². The lowest BCUT2D eigenvalue weighted by Crippen LogP contribution is -2.44. The number of ether oxygens (including phenoxy) is 3. The van der Waals surface area contributed by atoms with E-state index in [1.807, 2.05) is 30.3 Å². The van der Waals surface area contributed by atoms with Gasteiger partial charge in [0.2, 0.25) is 0 Å². The van der Waals surface area contributed by atoms with E-state index in [9.17, 15) is 0 Å². The van der Waals surface area contributed by atoms with Gasteiger partial charge in [-0.15, -0.1) is 0 Å². The first-order chi connectivity index (χ1) is 7.93. The van der Waals surface area contributed by atoms with E-state index < -0.39 is 0 Å². The Hall–Kier alpha value is -0.900. The van der Waals surface area contributed by atoms with E-state index >= 15 is 0 Å². The molecule has 0 aliphatic carbocycles. The van der Waals surface area contributed by atoms with Crippen LogP contribution >= 0.6 is 0 Å². The second kappa shape index (κ2) is 4.53. The van der Waals surface area contributed by atoms with Gasteiger partial charge in [-0.25, -0.2) is 0 Å². The van der Waals surface area contributed by atoms with Gasteiger partial charge >= 0.3 is 0 Å². The fraction of sp³-hybridized carbons (Fsp3) is 0.538. The average molecular weight is 220 g/mol. The predicted molar refractivity (Wildman–Crippen MR) is 59.0 cm³/mol. The van der Waals surface area contributed by atoms with Gasteiger partial charge in [-0.2, -0.15) is 0 Å². The van der Waals surface area contributed by atoms with Crippen molar-refractivity contribution in [3.63, 3.8) is 0 Å². The molecule has 0 amide bonds. The van der Waals surface area contributed by atoms with Gasteiger partial charge in [-0.1, -0.05) is 30.3 Å². The third-order valence-corrected chi connectivity index (χ3v) is 3.16. The summed E-state index contributed by atoms with van der Waals surface area (Å²) in [5, 5.41) is 0. The smallest absolute Gasteiger partial charge is 0.184 e. The maximum Gasteiger partial charge on any atom is 0.184 e. The molecule has 86 valence electrons. The van der Waals surface area contributed by atoms with Gasteiger partial charge < -0.3 is 14.2 Å². The van der Waals surface area contributed by atoms with Crippen LogP contribution in [0.25, 0.3) is 0 Å². The lowest BCUT2D eigenvalue weighted by molar-refractivity contribution is -0.277. The van der Waals surface area contributed by atoms with Gasteiger partial charge in [0.05, 0.1) is 12.7 Å². The molecule has 3 heteroatoms. The Balaban J connectivity index is 1.71. The average Bonchev–Trinajstić information content (AvgIpc) is 2.39. The predicted octanol–water partition coefficient (Wildman–Crippen LogP) is 2.28. The Bertz CT molecular complexity index is 338. The van der Waals surface area contributed by atoms with Crippen molar-refractivity contribution in [1.82, 2.24) is 0 Å². The minimum Gasteiger partial charge on any atom is -0.373 e. The fourth-order valence-electron chi connectivity index (χ4n) is 2.29. The molecule has 3 nitrogen and oxygen atoms in total. The van der Waals surface area contributed by atoms with E-state index in [0.717, 1.165) is 25.0 Å². The lowest BCUT2D eigenvalue weighted by Gasteiger charge is -2.39. The highest BCUT2D eigenvalue weighted by atomic mass is 16.7. The first-order valence-electron chi connectivity index (χ1n) is 5.87. The fourth-order valence-corrected chi connectivity index (χ4v) is 2.29. The van der Waals surface area contributed by atoms with E-state index in [2.05, 4.69) is 0 Å². The summed E-state index contributed by atoms with van der Waals surface area (Å²) < 4.78 is 17.2. The van der Waals surface area contributed by atoms with Crippen molar-refractivity contribution in [2.75, 3.05) is 13.2 Å². The van der Waals surface area contributed by atoms with Crippen molar-refractivity contribution in [2.24, 2.45) is 0 Å². The molecule has 1 aromatic rings. The number of hydrogen-bond acceptors (Lipinski definition) is 3. The molecule has 0 aromatic heterocycles. The molecule has 1 aromatic carbocycles. The summed E-state index contributed by atoms with van der Waals surface area (Å²) in [6, 6.07) is 10.1. The van der Waals surface area contributed by atoms with Crippen molar-refractivity contribution in [1.29, 1.82) is 0 Å². The Morgan fingerprint density at radius 1 is 1.00 bits per heavy atom. The highest BCUT2D eigenvalue weighted by molar-refractivity contribution is 5.16. The normalized spacial score (nSPS) is 34.4. The summed E-state index contributed by atoms with van der Waals surface area (Å²) in [4.78, 5) is 0. The highest BCUT2D eigenvalue weighted by Crippen LogP contribution is 2.31. The van der Waals surface area contributed by atoms with Crippen molar-refractivity contribution in [2.45, 2.75) is 31.3 Å². The topological polar surface area (TPSA) is 27.7 Å². The number of rotatable bonds is 1. The highest BCUT2D eigenvalue weighted by Gasteiger charge is 2.35. The summed E-state index contributed by atoms with van der Waals surface area (Å²) in [5.41, 5.74) is 1.09. The molecule has 3 rings (SSSR count). The lowest BCUT2D eigenvalue weighted by atomic mass is 10.0. The second-order valence-electron chi connectivity index (χ2n) is 4.30. The van der Waals surface area contributed by atoms with Gasteiger partial charge in [0.15, 0.2) is 6.29 Å². The first kappa shape index (κ1) is 10.3. The largest absolute Gasteiger partial charge is 0.373 e. The quantitative estimate of drug-likeness (QED) is 0.726. The number of fused-ring (bicyclic) bond motifs is 1. The van der Waals surface area contributed by atoms with Crippen LogP contribution in [0.2, 0.25) is 0 Å². The molecule has 3 atom stereocenters. The first-order valence-corrected chi connectivity index (χ1v) is 5.87. The third kappa shape index (κ3) is 1.98. The van der Waals surface area contributed by atoms with E-state index in [1.54, 1.807) is 0 Å². The van der Waals surface area contributed by atoms with Crippen LogP contribution in [0.4, 0.5) is 0 Å². The third-order valence-electron chi connectivity index (χ3n) is 3.16. The molecule has 16 heavy (non-hydrogen) atoms. The monoisotopic (exact) mass is 220 g/mol. The summed E-state index contributed by atoms with van der Waals surface area (Å²) >= 11 is 0. The molecule has 0 unspecified atom stereocenters. The van der Waals surface area contributed by atoms with Crippen LogP contribution in [0.1, 0.15) is 24.7 Å². The molecular formula is C13H16O3. The molecule has 2 aliphatic rings. The zero-order valence-corrected chi connectivity index (χ0v) is 9.17. The molecular weight excluding hydrogens is 204 g/mol. The summed E-state index contributed by atoms with van der Waals surface area (Å²) in [6.45, 7) is 1.48. The molecule has 2 heterocycles. The van der Waals surface area contributed by atoms with Crippen LogP contribution in [0, 0.1) is 0 Å². The molecule has 2 saturated heterocycles.